The largest absolute Gasteiger partial charge is 0.465 e. The molecule has 0 aromatic carbocycles. The van der Waals surface area contributed by atoms with E-state index in [1.54, 1.807) is 23.6 Å². The van der Waals surface area contributed by atoms with Crippen LogP contribution in [-0.2, 0) is 16.0 Å². The number of ether oxygens (including phenoxy) is 1. The smallest absolute Gasteiger partial charge is 0.321 e. The Bertz CT molecular complexity index is 1160. The molecule has 0 fully saturated rings. The fourth-order valence-corrected chi connectivity index (χ4v) is 4.02. The summed E-state index contributed by atoms with van der Waals surface area (Å²) in [6.45, 7) is 3.96. The van der Waals surface area contributed by atoms with Gasteiger partial charge in [0.05, 0.1) is 18.0 Å². The molecule has 3 aromatic rings. The van der Waals surface area contributed by atoms with E-state index in [1.165, 1.54) is 29.5 Å². The zero-order valence-electron chi connectivity index (χ0n) is 17.0. The van der Waals surface area contributed by atoms with Crippen LogP contribution in [0.1, 0.15) is 49.3 Å². The van der Waals surface area contributed by atoms with Gasteiger partial charge in [-0.2, -0.15) is 5.10 Å². The Balaban J connectivity index is 1.90. The number of carbonyl (C=O) groups is 1. The summed E-state index contributed by atoms with van der Waals surface area (Å²) in [4.78, 5) is 26.4. The summed E-state index contributed by atoms with van der Waals surface area (Å²) >= 11 is 3.29. The molecule has 0 N–H and O–H groups in total. The first-order chi connectivity index (χ1) is 15.0. The number of aryl methyl sites for hydroxylation is 1. The van der Waals surface area contributed by atoms with Gasteiger partial charge in [-0.15, -0.1) is 5.10 Å². The van der Waals surface area contributed by atoms with E-state index in [9.17, 15) is 9.18 Å². The standard InChI is InChI=1S/C20H21BrFN7O2/c1-3-6-12-16(24-11-28-17(12)26-20(21)27-28)15(19(30)31-4-2)14-8-10-25-29(14)18-13(22)7-5-9-23-18/h5,7-11,13,15,18H,3-4,6H2,1-2H3. The molecule has 4 rings (SSSR count). The molecule has 0 spiro atoms. The number of halogens is 2. The van der Waals surface area contributed by atoms with Crippen LogP contribution >= 0.6 is 15.9 Å². The van der Waals surface area contributed by atoms with Gasteiger partial charge in [-0.3, -0.25) is 9.79 Å². The molecule has 0 saturated heterocycles. The van der Waals surface area contributed by atoms with E-state index >= 15 is 0 Å². The third-order valence-corrected chi connectivity index (χ3v) is 5.27. The molecule has 3 atom stereocenters. The molecule has 3 aromatic heterocycles. The van der Waals surface area contributed by atoms with Gasteiger partial charge in [0, 0.05) is 18.0 Å². The number of nitrogens with zero attached hydrogens (tertiary/aromatic N) is 7. The van der Waals surface area contributed by atoms with Gasteiger partial charge >= 0.3 is 5.97 Å². The van der Waals surface area contributed by atoms with Crippen molar-refractivity contribution in [3.63, 3.8) is 0 Å². The summed E-state index contributed by atoms with van der Waals surface area (Å²) in [6.07, 6.45) is 6.65. The number of fused-ring (bicyclic) bond motifs is 1. The van der Waals surface area contributed by atoms with Gasteiger partial charge in [-0.1, -0.05) is 13.3 Å². The highest BCUT2D eigenvalue weighted by atomic mass is 79.9. The van der Waals surface area contributed by atoms with Gasteiger partial charge < -0.3 is 4.74 Å². The third kappa shape index (κ3) is 4.01. The molecule has 11 heteroatoms. The lowest BCUT2D eigenvalue weighted by atomic mass is 9.94. The molecule has 0 amide bonds. The van der Waals surface area contributed by atoms with Crippen molar-refractivity contribution >= 4 is 33.8 Å². The lowest BCUT2D eigenvalue weighted by molar-refractivity contribution is -0.144. The van der Waals surface area contributed by atoms with Gasteiger partial charge in [0.2, 0.25) is 4.73 Å². The summed E-state index contributed by atoms with van der Waals surface area (Å²) in [5.74, 6) is -1.42. The Morgan fingerprint density at radius 3 is 2.97 bits per heavy atom. The second-order valence-corrected chi connectivity index (χ2v) is 7.64. The first kappa shape index (κ1) is 21.3. The van der Waals surface area contributed by atoms with Crippen molar-refractivity contribution in [2.45, 2.75) is 44.9 Å². The average molecular weight is 490 g/mol. The number of aliphatic imine (C=N–C) groups is 1. The quantitative estimate of drug-likeness (QED) is 0.472. The fourth-order valence-electron chi connectivity index (χ4n) is 3.68. The van der Waals surface area contributed by atoms with Crippen LogP contribution < -0.4 is 0 Å². The number of carbonyl (C=O) groups excluding carboxylic acids is 1. The molecule has 4 heterocycles. The number of hydrogen-bond acceptors (Lipinski definition) is 7. The molecule has 0 saturated carbocycles. The number of esters is 1. The zero-order valence-corrected chi connectivity index (χ0v) is 18.6. The van der Waals surface area contributed by atoms with Crippen LogP contribution in [0, 0.1) is 0 Å². The minimum absolute atomic E-state index is 0.196. The van der Waals surface area contributed by atoms with Crippen LogP contribution in [0.4, 0.5) is 4.39 Å². The first-order valence-electron chi connectivity index (χ1n) is 9.98. The number of rotatable bonds is 7. The Morgan fingerprint density at radius 2 is 2.23 bits per heavy atom. The molecule has 1 aliphatic heterocycles. The van der Waals surface area contributed by atoms with Crippen molar-refractivity contribution < 1.29 is 13.9 Å². The van der Waals surface area contributed by atoms with Crippen molar-refractivity contribution in [2.75, 3.05) is 6.61 Å². The number of hydrogen-bond donors (Lipinski definition) is 0. The molecule has 0 bridgehead atoms. The molecular weight excluding hydrogens is 469 g/mol. The Morgan fingerprint density at radius 1 is 1.39 bits per heavy atom. The molecule has 3 unspecified atom stereocenters. The van der Waals surface area contributed by atoms with Crippen molar-refractivity contribution in [2.24, 2.45) is 4.99 Å². The summed E-state index contributed by atoms with van der Waals surface area (Å²) in [7, 11) is 0. The lowest BCUT2D eigenvalue weighted by Crippen LogP contribution is -2.28. The van der Waals surface area contributed by atoms with Crippen molar-refractivity contribution in [3.05, 3.63) is 52.4 Å². The topological polar surface area (TPSA) is 99.6 Å². The van der Waals surface area contributed by atoms with Gasteiger partial charge in [-0.25, -0.2) is 23.6 Å². The van der Waals surface area contributed by atoms with E-state index in [0.717, 1.165) is 12.0 Å². The van der Waals surface area contributed by atoms with E-state index in [1.807, 2.05) is 6.92 Å². The van der Waals surface area contributed by atoms with Crippen LogP contribution in [0.2, 0.25) is 0 Å². The maximum absolute atomic E-state index is 14.6. The minimum atomic E-state index is -1.37. The molecule has 9 nitrogen and oxygen atoms in total. The van der Waals surface area contributed by atoms with E-state index in [0.29, 0.717) is 28.2 Å². The van der Waals surface area contributed by atoms with Crippen LogP contribution in [0.5, 0.6) is 0 Å². The molecule has 1 aliphatic rings. The normalized spacial score (nSPS) is 19.1. The minimum Gasteiger partial charge on any atom is -0.465 e. The van der Waals surface area contributed by atoms with Crippen LogP contribution in [-0.4, -0.2) is 54.3 Å². The van der Waals surface area contributed by atoms with Gasteiger partial charge in [0.1, 0.15) is 12.2 Å². The van der Waals surface area contributed by atoms with Gasteiger partial charge in [0.15, 0.2) is 18.0 Å². The Kier molecular flexibility index (Phi) is 6.21. The molecule has 0 radical (unpaired) electrons. The van der Waals surface area contributed by atoms with Crippen molar-refractivity contribution in [1.82, 2.24) is 29.4 Å². The molecule has 31 heavy (non-hydrogen) atoms. The van der Waals surface area contributed by atoms with Crippen molar-refractivity contribution in [3.8, 4) is 0 Å². The average Bonchev–Trinajstić information content (AvgIpc) is 3.37. The maximum Gasteiger partial charge on any atom is 0.321 e. The zero-order chi connectivity index (χ0) is 22.0. The van der Waals surface area contributed by atoms with E-state index < -0.39 is 24.2 Å². The highest BCUT2D eigenvalue weighted by Gasteiger charge is 2.35. The van der Waals surface area contributed by atoms with Crippen molar-refractivity contribution in [1.29, 1.82) is 0 Å². The highest BCUT2D eigenvalue weighted by Crippen LogP contribution is 2.33. The molecule has 162 valence electrons. The number of alkyl halides is 1. The van der Waals surface area contributed by atoms with Crippen LogP contribution in [0.3, 0.4) is 0 Å². The predicted molar refractivity (Wildman–Crippen MR) is 115 cm³/mol. The van der Waals surface area contributed by atoms with E-state index in [4.69, 9.17) is 4.74 Å². The summed E-state index contributed by atoms with van der Waals surface area (Å²) in [5.41, 5.74) is 2.31. The molecule has 0 aliphatic carbocycles. The number of aromatic nitrogens is 6. The Hall–Kier alpha value is -2.95. The van der Waals surface area contributed by atoms with Crippen LogP contribution in [0.25, 0.3) is 5.65 Å². The van der Waals surface area contributed by atoms with E-state index in [-0.39, 0.29) is 6.61 Å². The van der Waals surface area contributed by atoms with E-state index in [2.05, 4.69) is 41.1 Å². The highest BCUT2D eigenvalue weighted by molar-refractivity contribution is 9.10. The summed E-state index contributed by atoms with van der Waals surface area (Å²) in [6, 6.07) is 1.67. The van der Waals surface area contributed by atoms with Gasteiger partial charge in [0.25, 0.3) is 0 Å². The second kappa shape index (κ2) is 9.04. The van der Waals surface area contributed by atoms with Crippen LogP contribution in [0.15, 0.2) is 40.5 Å². The van der Waals surface area contributed by atoms with Gasteiger partial charge in [-0.05, 0) is 47.5 Å². The molecular formula is C20H21BrFN7O2. The maximum atomic E-state index is 14.6. The predicted octanol–water partition coefficient (Wildman–Crippen LogP) is 3.21. The third-order valence-electron chi connectivity index (χ3n) is 4.94. The lowest BCUT2D eigenvalue weighted by Gasteiger charge is -2.24. The monoisotopic (exact) mass is 489 g/mol. The fraction of sp³-hybridized carbons (Fsp3) is 0.400. The SMILES string of the molecule is CCCc1c(C(C(=O)OCC)c2ccnn2C2N=CC=CC2F)ncn2nc(Br)nc12. The second-order valence-electron chi connectivity index (χ2n) is 6.93. The number of allylic oxidation sites excluding steroid dienone is 1. The summed E-state index contributed by atoms with van der Waals surface area (Å²) < 4.78 is 23.4. The summed E-state index contributed by atoms with van der Waals surface area (Å²) in [5, 5.41) is 8.53. The Labute approximate surface area is 186 Å². The first-order valence-corrected chi connectivity index (χ1v) is 10.8. The number of dihydropyridines is 1.